The molecule has 1 saturated heterocycles. The lowest BCUT2D eigenvalue weighted by Crippen LogP contribution is -2.49. The number of carbonyl (C=O) groups excluding carboxylic acids is 1. The van der Waals surface area contributed by atoms with E-state index in [2.05, 4.69) is 10.6 Å². The van der Waals surface area contributed by atoms with E-state index < -0.39 is 0 Å². The van der Waals surface area contributed by atoms with Crippen molar-refractivity contribution >= 4 is 5.91 Å². The highest BCUT2D eigenvalue weighted by Gasteiger charge is 2.35. The fourth-order valence-electron chi connectivity index (χ4n) is 3.22. The van der Waals surface area contributed by atoms with Crippen molar-refractivity contribution in [2.75, 3.05) is 13.6 Å². The van der Waals surface area contributed by atoms with E-state index in [1.165, 1.54) is 25.7 Å². The Bertz CT molecular complexity index is 224. The highest BCUT2D eigenvalue weighted by molar-refractivity contribution is 5.80. The van der Waals surface area contributed by atoms with E-state index in [9.17, 15) is 4.79 Å². The van der Waals surface area contributed by atoms with Gasteiger partial charge < -0.3 is 10.6 Å². The molecule has 2 atom stereocenters. The number of amides is 1. The number of carbonyl (C=O) groups is 1. The van der Waals surface area contributed by atoms with Gasteiger partial charge in [0.2, 0.25) is 5.91 Å². The average molecular weight is 210 g/mol. The summed E-state index contributed by atoms with van der Waals surface area (Å²) in [4.78, 5) is 11.8. The molecule has 0 aromatic heterocycles. The van der Waals surface area contributed by atoms with E-state index >= 15 is 0 Å². The lowest BCUT2D eigenvalue weighted by molar-refractivity contribution is -0.128. The molecular formula is C12H22N2O. The molecule has 15 heavy (non-hydrogen) atoms. The molecule has 0 bridgehead atoms. The third kappa shape index (κ3) is 2.33. The van der Waals surface area contributed by atoms with Crippen LogP contribution in [0.3, 0.4) is 0 Å². The fourth-order valence-corrected chi connectivity index (χ4v) is 3.22. The molecule has 1 aliphatic heterocycles. The van der Waals surface area contributed by atoms with Crippen LogP contribution in [-0.2, 0) is 4.79 Å². The van der Waals surface area contributed by atoms with Gasteiger partial charge in [0.1, 0.15) is 0 Å². The quantitative estimate of drug-likeness (QED) is 0.737. The van der Waals surface area contributed by atoms with E-state index in [1.807, 2.05) is 7.05 Å². The predicted octanol–water partition coefficient (Wildman–Crippen LogP) is 1.29. The Morgan fingerprint density at radius 2 is 2.00 bits per heavy atom. The molecule has 2 N–H and O–H groups in total. The van der Waals surface area contributed by atoms with Gasteiger partial charge in [-0.15, -0.1) is 0 Å². The molecule has 2 fully saturated rings. The van der Waals surface area contributed by atoms with Gasteiger partial charge in [-0.1, -0.05) is 12.8 Å². The molecule has 86 valence electrons. The molecule has 0 aromatic carbocycles. The third-order valence-corrected chi connectivity index (χ3v) is 4.00. The average Bonchev–Trinajstić information content (AvgIpc) is 2.75. The van der Waals surface area contributed by atoms with Crippen LogP contribution in [0.5, 0.6) is 0 Å². The molecule has 1 heterocycles. The van der Waals surface area contributed by atoms with E-state index in [0.717, 1.165) is 25.3 Å². The number of hydrogen-bond acceptors (Lipinski definition) is 2. The van der Waals surface area contributed by atoms with Gasteiger partial charge in [0, 0.05) is 12.6 Å². The zero-order valence-corrected chi connectivity index (χ0v) is 9.59. The van der Waals surface area contributed by atoms with Crippen LogP contribution in [0.4, 0.5) is 0 Å². The first kappa shape index (κ1) is 10.9. The summed E-state index contributed by atoms with van der Waals surface area (Å²) >= 11 is 0. The molecular weight excluding hydrogens is 188 g/mol. The van der Waals surface area contributed by atoms with Gasteiger partial charge in [0.15, 0.2) is 0 Å². The van der Waals surface area contributed by atoms with Gasteiger partial charge in [0.25, 0.3) is 0 Å². The van der Waals surface area contributed by atoms with Gasteiger partial charge in [-0.25, -0.2) is 0 Å². The summed E-state index contributed by atoms with van der Waals surface area (Å²) < 4.78 is 0. The van der Waals surface area contributed by atoms with Gasteiger partial charge >= 0.3 is 0 Å². The minimum absolute atomic E-state index is 0.215. The summed E-state index contributed by atoms with van der Waals surface area (Å²) in [5, 5.41) is 6.37. The molecule has 2 unspecified atom stereocenters. The first-order chi connectivity index (χ1) is 7.33. The lowest BCUT2D eigenvalue weighted by Gasteiger charge is -2.33. The molecule has 1 saturated carbocycles. The van der Waals surface area contributed by atoms with Gasteiger partial charge in [-0.05, 0) is 38.6 Å². The predicted molar refractivity (Wildman–Crippen MR) is 60.5 cm³/mol. The van der Waals surface area contributed by atoms with Crippen LogP contribution in [0.15, 0.2) is 0 Å². The monoisotopic (exact) mass is 210 g/mol. The molecule has 3 nitrogen and oxygen atoms in total. The number of nitrogens with one attached hydrogen (secondary N) is 2. The van der Waals surface area contributed by atoms with Crippen molar-refractivity contribution in [3.05, 3.63) is 0 Å². The summed E-state index contributed by atoms with van der Waals surface area (Å²) in [5.41, 5.74) is 0. The summed E-state index contributed by atoms with van der Waals surface area (Å²) in [6.07, 6.45) is 7.49. The Labute approximate surface area is 92.0 Å². The Kier molecular flexibility index (Phi) is 3.62. The Balaban J connectivity index is 2.00. The van der Waals surface area contributed by atoms with E-state index in [1.54, 1.807) is 0 Å². The van der Waals surface area contributed by atoms with Crippen LogP contribution in [0.25, 0.3) is 0 Å². The zero-order chi connectivity index (χ0) is 10.7. The molecule has 0 aromatic rings. The van der Waals surface area contributed by atoms with E-state index in [4.69, 9.17) is 0 Å². The molecule has 1 amide bonds. The smallest absolute Gasteiger partial charge is 0.224 e. The van der Waals surface area contributed by atoms with Crippen LogP contribution < -0.4 is 10.6 Å². The molecule has 2 aliphatic rings. The maximum Gasteiger partial charge on any atom is 0.224 e. The minimum Gasteiger partial charge on any atom is -0.356 e. The van der Waals surface area contributed by atoms with Crippen LogP contribution in [0, 0.1) is 11.8 Å². The number of piperidine rings is 1. The van der Waals surface area contributed by atoms with Crippen LogP contribution in [0.2, 0.25) is 0 Å². The maximum atomic E-state index is 11.8. The standard InChI is InChI=1S/C12H22N2O/c1-13-11(9-5-2-3-6-9)10-7-4-8-14-12(10)15/h9-11,13H,2-8H2,1H3,(H,14,15). The Morgan fingerprint density at radius 1 is 1.27 bits per heavy atom. The van der Waals surface area contributed by atoms with Gasteiger partial charge in [-0.3, -0.25) is 4.79 Å². The summed E-state index contributed by atoms with van der Waals surface area (Å²) in [7, 11) is 2.00. The highest BCUT2D eigenvalue weighted by Crippen LogP contribution is 2.32. The summed E-state index contributed by atoms with van der Waals surface area (Å²) in [5.74, 6) is 1.21. The van der Waals surface area contributed by atoms with Crippen molar-refractivity contribution in [3.63, 3.8) is 0 Å². The van der Waals surface area contributed by atoms with Crippen molar-refractivity contribution in [1.82, 2.24) is 10.6 Å². The third-order valence-electron chi connectivity index (χ3n) is 4.00. The maximum absolute atomic E-state index is 11.8. The van der Waals surface area contributed by atoms with Crippen molar-refractivity contribution in [1.29, 1.82) is 0 Å². The number of hydrogen-bond donors (Lipinski definition) is 2. The minimum atomic E-state index is 0.215. The normalized spacial score (nSPS) is 30.2. The Morgan fingerprint density at radius 3 is 2.60 bits per heavy atom. The first-order valence-corrected chi connectivity index (χ1v) is 6.28. The van der Waals surface area contributed by atoms with Crippen LogP contribution in [-0.4, -0.2) is 25.5 Å². The number of rotatable bonds is 3. The van der Waals surface area contributed by atoms with Gasteiger partial charge in [-0.2, -0.15) is 0 Å². The molecule has 3 heteroatoms. The van der Waals surface area contributed by atoms with Gasteiger partial charge in [0.05, 0.1) is 5.92 Å². The lowest BCUT2D eigenvalue weighted by atomic mass is 9.82. The second-order valence-electron chi connectivity index (χ2n) is 4.90. The second kappa shape index (κ2) is 4.97. The largest absolute Gasteiger partial charge is 0.356 e. The summed E-state index contributed by atoms with van der Waals surface area (Å²) in [6, 6.07) is 0.410. The second-order valence-corrected chi connectivity index (χ2v) is 4.90. The molecule has 0 spiro atoms. The first-order valence-electron chi connectivity index (χ1n) is 6.28. The van der Waals surface area contributed by atoms with Crippen molar-refractivity contribution < 1.29 is 4.79 Å². The van der Waals surface area contributed by atoms with Crippen molar-refractivity contribution in [2.45, 2.75) is 44.6 Å². The van der Waals surface area contributed by atoms with Crippen LogP contribution in [0.1, 0.15) is 38.5 Å². The SMILES string of the molecule is CNC(C1CCCC1)C1CCCNC1=O. The molecule has 0 radical (unpaired) electrons. The molecule has 1 aliphatic carbocycles. The van der Waals surface area contributed by atoms with Crippen molar-refractivity contribution in [3.8, 4) is 0 Å². The topological polar surface area (TPSA) is 41.1 Å². The zero-order valence-electron chi connectivity index (χ0n) is 9.59. The van der Waals surface area contributed by atoms with E-state index in [-0.39, 0.29) is 11.8 Å². The van der Waals surface area contributed by atoms with Crippen molar-refractivity contribution in [2.24, 2.45) is 11.8 Å². The molecule has 2 rings (SSSR count). The summed E-state index contributed by atoms with van der Waals surface area (Å²) in [6.45, 7) is 0.871. The van der Waals surface area contributed by atoms with E-state index in [0.29, 0.717) is 6.04 Å². The fraction of sp³-hybridized carbons (Fsp3) is 0.917. The highest BCUT2D eigenvalue weighted by atomic mass is 16.2. The Hall–Kier alpha value is -0.570. The van der Waals surface area contributed by atoms with Crippen LogP contribution >= 0.6 is 0 Å².